The first-order chi connectivity index (χ1) is 10.00. The van der Waals surface area contributed by atoms with Gasteiger partial charge in [-0.1, -0.05) is 44.2 Å². The van der Waals surface area contributed by atoms with Crippen molar-refractivity contribution < 1.29 is 0 Å². The summed E-state index contributed by atoms with van der Waals surface area (Å²) in [5.74, 6) is 0. The minimum Gasteiger partial charge on any atom is -0.0616 e. The highest BCUT2D eigenvalue weighted by atomic mass is 127. The molecule has 0 unspecified atom stereocenters. The van der Waals surface area contributed by atoms with Gasteiger partial charge in [0.1, 0.15) is 0 Å². The zero-order chi connectivity index (χ0) is 14.8. The van der Waals surface area contributed by atoms with Crippen molar-refractivity contribution in [3.05, 3.63) is 66.8 Å². The molecule has 2 heteroatoms. The maximum Gasteiger partial charge on any atom is 0.0212 e. The van der Waals surface area contributed by atoms with Gasteiger partial charge in [-0.3, -0.25) is 0 Å². The predicted molar refractivity (Wildman–Crippen MR) is 107 cm³/mol. The average molecular weight is 496 g/mol. The van der Waals surface area contributed by atoms with E-state index in [1.807, 2.05) is 0 Å². The maximum absolute atomic E-state index is 2.47. The largest absolute Gasteiger partial charge is 0.0616 e. The van der Waals surface area contributed by atoms with Gasteiger partial charge in [0.2, 0.25) is 0 Å². The molecule has 0 N–H and O–H groups in total. The van der Waals surface area contributed by atoms with E-state index in [1.54, 1.807) is 0 Å². The van der Waals surface area contributed by atoms with Gasteiger partial charge in [-0.25, -0.2) is 0 Å². The Morgan fingerprint density at radius 1 is 0.810 bits per heavy atom. The van der Waals surface area contributed by atoms with Crippen molar-refractivity contribution in [3.63, 3.8) is 0 Å². The lowest BCUT2D eigenvalue weighted by molar-refractivity contribution is 0.660. The van der Waals surface area contributed by atoms with Crippen molar-refractivity contribution in [3.8, 4) is 11.1 Å². The highest BCUT2D eigenvalue weighted by Crippen LogP contribution is 2.52. The van der Waals surface area contributed by atoms with Crippen LogP contribution in [0.25, 0.3) is 21.9 Å². The molecule has 3 aromatic carbocycles. The summed E-state index contributed by atoms with van der Waals surface area (Å²) in [5, 5.41) is 2.74. The van der Waals surface area contributed by atoms with Gasteiger partial charge >= 0.3 is 0 Å². The molecule has 0 saturated heterocycles. The molecule has 0 fully saturated rings. The minimum absolute atomic E-state index is 0.0792. The lowest BCUT2D eigenvalue weighted by atomic mass is 9.82. The molecular weight excluding hydrogens is 482 g/mol. The summed E-state index contributed by atoms with van der Waals surface area (Å²) in [6.45, 7) is 4.69. The summed E-state index contributed by atoms with van der Waals surface area (Å²) in [6, 6.07) is 18.0. The molecule has 0 atom stereocenters. The van der Waals surface area contributed by atoms with Crippen LogP contribution < -0.4 is 0 Å². The average Bonchev–Trinajstić information content (AvgIpc) is 2.68. The van der Waals surface area contributed by atoms with Crippen molar-refractivity contribution in [1.82, 2.24) is 0 Å². The van der Waals surface area contributed by atoms with E-state index in [0.29, 0.717) is 0 Å². The normalized spacial score (nSPS) is 15.0. The molecule has 0 spiro atoms. The Balaban J connectivity index is 2.22. The first-order valence-corrected chi connectivity index (χ1v) is 9.18. The Morgan fingerprint density at radius 2 is 1.52 bits per heavy atom. The van der Waals surface area contributed by atoms with Crippen molar-refractivity contribution in [2.24, 2.45) is 0 Å². The maximum atomic E-state index is 2.47. The van der Waals surface area contributed by atoms with E-state index >= 15 is 0 Å². The summed E-state index contributed by atoms with van der Waals surface area (Å²) < 4.78 is 2.66. The van der Waals surface area contributed by atoms with E-state index in [-0.39, 0.29) is 5.41 Å². The van der Waals surface area contributed by atoms with Crippen molar-refractivity contribution >= 4 is 56.0 Å². The lowest BCUT2D eigenvalue weighted by Gasteiger charge is -2.22. The molecule has 0 nitrogen and oxygen atoms in total. The van der Waals surface area contributed by atoms with E-state index < -0.39 is 0 Å². The van der Waals surface area contributed by atoms with Gasteiger partial charge in [0.15, 0.2) is 0 Å². The van der Waals surface area contributed by atoms with Gasteiger partial charge in [0.05, 0.1) is 0 Å². The van der Waals surface area contributed by atoms with Gasteiger partial charge in [0, 0.05) is 12.6 Å². The number of halogens is 2. The summed E-state index contributed by atoms with van der Waals surface area (Å²) in [4.78, 5) is 0. The zero-order valence-corrected chi connectivity index (χ0v) is 16.2. The second kappa shape index (κ2) is 4.69. The molecule has 0 aliphatic heterocycles. The fourth-order valence-corrected chi connectivity index (χ4v) is 4.78. The fourth-order valence-electron chi connectivity index (χ4n) is 3.51. The van der Waals surface area contributed by atoms with E-state index in [0.717, 1.165) is 0 Å². The van der Waals surface area contributed by atoms with Gasteiger partial charge in [-0.05, 0) is 96.4 Å². The Morgan fingerprint density at radius 3 is 2.29 bits per heavy atom. The third-order valence-electron chi connectivity index (χ3n) is 4.59. The van der Waals surface area contributed by atoms with Gasteiger partial charge < -0.3 is 0 Å². The van der Waals surface area contributed by atoms with Crippen LogP contribution in [0.2, 0.25) is 0 Å². The monoisotopic (exact) mass is 496 g/mol. The summed E-state index contributed by atoms with van der Waals surface area (Å²) >= 11 is 4.89. The van der Waals surface area contributed by atoms with Gasteiger partial charge in [0.25, 0.3) is 0 Å². The number of hydrogen-bond acceptors (Lipinski definition) is 0. The highest BCUT2D eigenvalue weighted by Gasteiger charge is 2.36. The Bertz CT molecular complexity index is 891. The quantitative estimate of drug-likeness (QED) is 0.318. The number of benzene rings is 3. The Kier molecular flexibility index (Phi) is 3.12. The summed E-state index contributed by atoms with van der Waals surface area (Å²) in [7, 11) is 0. The van der Waals surface area contributed by atoms with E-state index in [2.05, 4.69) is 108 Å². The lowest BCUT2D eigenvalue weighted by Crippen LogP contribution is -2.15. The zero-order valence-electron chi connectivity index (χ0n) is 11.9. The van der Waals surface area contributed by atoms with Gasteiger partial charge in [-0.2, -0.15) is 0 Å². The van der Waals surface area contributed by atoms with E-state index in [9.17, 15) is 0 Å². The first-order valence-electron chi connectivity index (χ1n) is 7.02. The van der Waals surface area contributed by atoms with Crippen LogP contribution in [0.3, 0.4) is 0 Å². The van der Waals surface area contributed by atoms with Crippen molar-refractivity contribution in [1.29, 1.82) is 0 Å². The van der Waals surface area contributed by atoms with E-state index in [4.69, 9.17) is 0 Å². The molecule has 0 heterocycles. The SMILES string of the molecule is CC1(C)c2cc(I)ccc2-c2c1cc(I)c1ccccc21. The Hall–Kier alpha value is -0.620. The second-order valence-electron chi connectivity index (χ2n) is 6.14. The van der Waals surface area contributed by atoms with Crippen LogP contribution in [0, 0.1) is 7.14 Å². The molecule has 0 radical (unpaired) electrons. The molecule has 1 aliphatic rings. The molecule has 21 heavy (non-hydrogen) atoms. The highest BCUT2D eigenvalue weighted by molar-refractivity contribution is 14.1. The third kappa shape index (κ3) is 1.91. The summed E-state index contributed by atoms with van der Waals surface area (Å²) in [6.07, 6.45) is 0. The summed E-state index contributed by atoms with van der Waals surface area (Å²) in [5.41, 5.74) is 5.83. The molecule has 0 saturated carbocycles. The molecule has 1 aliphatic carbocycles. The van der Waals surface area contributed by atoms with Crippen LogP contribution in [0.15, 0.2) is 48.5 Å². The second-order valence-corrected chi connectivity index (χ2v) is 8.55. The van der Waals surface area contributed by atoms with Crippen LogP contribution in [0.4, 0.5) is 0 Å². The molecule has 3 aromatic rings. The molecule has 0 amide bonds. The molecule has 0 aromatic heterocycles. The van der Waals surface area contributed by atoms with E-state index in [1.165, 1.54) is 40.2 Å². The van der Waals surface area contributed by atoms with Crippen molar-refractivity contribution in [2.45, 2.75) is 19.3 Å². The van der Waals surface area contributed by atoms with Crippen LogP contribution >= 0.6 is 45.2 Å². The molecule has 4 rings (SSSR count). The Labute approximate surface area is 152 Å². The van der Waals surface area contributed by atoms with Gasteiger partial charge in [-0.15, -0.1) is 0 Å². The molecule has 0 bridgehead atoms. The molecule has 104 valence electrons. The number of fused-ring (bicyclic) bond motifs is 5. The van der Waals surface area contributed by atoms with Crippen LogP contribution in [0.1, 0.15) is 25.0 Å². The van der Waals surface area contributed by atoms with Crippen molar-refractivity contribution in [2.75, 3.05) is 0 Å². The number of rotatable bonds is 0. The first kappa shape index (κ1) is 14.0. The molecular formula is C19H14I2. The fraction of sp³-hybridized carbons (Fsp3) is 0.158. The van der Waals surface area contributed by atoms with Crippen LogP contribution in [-0.2, 0) is 5.41 Å². The van der Waals surface area contributed by atoms with Crippen LogP contribution in [-0.4, -0.2) is 0 Å². The number of hydrogen-bond donors (Lipinski definition) is 0. The third-order valence-corrected chi connectivity index (χ3v) is 6.16. The smallest absolute Gasteiger partial charge is 0.0212 e. The topological polar surface area (TPSA) is 0 Å². The standard InChI is InChI=1S/C19H14I2/c1-19(2)15-9-11(20)7-8-14(15)18-13-6-4-3-5-12(13)17(21)10-16(18)19/h3-10H,1-2H3. The predicted octanol–water partition coefficient (Wildman–Crippen LogP) is 6.36. The minimum atomic E-state index is 0.0792. The van der Waals surface area contributed by atoms with Crippen LogP contribution in [0.5, 0.6) is 0 Å².